The van der Waals surface area contributed by atoms with Gasteiger partial charge in [-0.25, -0.2) is 35.9 Å². The summed E-state index contributed by atoms with van der Waals surface area (Å²) in [6, 6.07) is 36.0. The lowest BCUT2D eigenvalue weighted by molar-refractivity contribution is 0.255. The fourth-order valence-electron chi connectivity index (χ4n) is 4.99. The minimum atomic E-state index is -4.08. The third kappa shape index (κ3) is 7.57. The number of amides is 4. The number of anilines is 2. The SMILES string of the molecule is O=C(Nc1ccc(Cc2ccc(NC(=O)NS(=O)(=O)c3ccc4ccccc4c3)cc2)cc1)NS(=O)(=O)c1ccc2ccccc2c1. The normalized spacial score (nSPS) is 11.6. The summed E-state index contributed by atoms with van der Waals surface area (Å²) in [6.07, 6.45) is 0.533. The molecule has 0 spiro atoms. The number of rotatable bonds is 8. The van der Waals surface area contributed by atoms with Crippen LogP contribution in [0, 0.1) is 0 Å². The van der Waals surface area contributed by atoms with Gasteiger partial charge in [0.05, 0.1) is 9.79 Å². The van der Waals surface area contributed by atoms with E-state index in [4.69, 9.17) is 0 Å². The first-order chi connectivity index (χ1) is 22.5. The first-order valence-electron chi connectivity index (χ1n) is 14.4. The highest BCUT2D eigenvalue weighted by Gasteiger charge is 2.19. The average Bonchev–Trinajstić information content (AvgIpc) is 3.05. The van der Waals surface area contributed by atoms with E-state index in [1.54, 1.807) is 84.9 Å². The molecule has 0 atom stereocenters. The van der Waals surface area contributed by atoms with Crippen LogP contribution in [0.25, 0.3) is 21.5 Å². The van der Waals surface area contributed by atoms with Crippen molar-refractivity contribution in [3.05, 3.63) is 145 Å². The third-order valence-electron chi connectivity index (χ3n) is 7.35. The fraction of sp³-hybridized carbons (Fsp3) is 0.0286. The molecule has 47 heavy (non-hydrogen) atoms. The highest BCUT2D eigenvalue weighted by Crippen LogP contribution is 2.21. The maximum atomic E-state index is 12.8. The van der Waals surface area contributed by atoms with Crippen molar-refractivity contribution in [2.45, 2.75) is 16.2 Å². The van der Waals surface area contributed by atoms with E-state index in [2.05, 4.69) is 10.6 Å². The molecular formula is C35H28N4O6S2. The number of hydrogen-bond acceptors (Lipinski definition) is 6. The second-order valence-electron chi connectivity index (χ2n) is 10.7. The molecule has 0 saturated carbocycles. The van der Waals surface area contributed by atoms with Gasteiger partial charge in [0, 0.05) is 11.4 Å². The van der Waals surface area contributed by atoms with Crippen LogP contribution in [0.5, 0.6) is 0 Å². The number of carbonyl (C=O) groups is 2. The number of fused-ring (bicyclic) bond motifs is 2. The number of nitrogens with one attached hydrogen (secondary N) is 4. The number of benzene rings is 6. The summed E-state index contributed by atoms with van der Waals surface area (Å²) in [5, 5.41) is 8.33. The second-order valence-corrected chi connectivity index (χ2v) is 14.1. The van der Waals surface area contributed by atoms with Gasteiger partial charge in [0.1, 0.15) is 0 Å². The number of hydrogen-bond donors (Lipinski definition) is 4. The van der Waals surface area contributed by atoms with Crippen molar-refractivity contribution in [3.63, 3.8) is 0 Å². The Morgan fingerprint density at radius 3 is 1.19 bits per heavy atom. The van der Waals surface area contributed by atoms with E-state index < -0.39 is 32.1 Å². The van der Waals surface area contributed by atoms with Gasteiger partial charge in [-0.1, -0.05) is 84.9 Å². The molecule has 4 amide bonds. The minimum absolute atomic E-state index is 0.0189. The molecule has 6 aromatic carbocycles. The van der Waals surface area contributed by atoms with Crippen LogP contribution in [0.1, 0.15) is 11.1 Å². The van der Waals surface area contributed by atoms with E-state index in [1.807, 2.05) is 33.7 Å². The molecule has 0 fully saturated rings. The molecular weight excluding hydrogens is 637 g/mol. The van der Waals surface area contributed by atoms with Gasteiger partial charge >= 0.3 is 12.1 Å². The molecule has 0 bridgehead atoms. The molecule has 0 aliphatic heterocycles. The van der Waals surface area contributed by atoms with Crippen LogP contribution in [-0.2, 0) is 26.5 Å². The van der Waals surface area contributed by atoms with E-state index >= 15 is 0 Å². The number of carbonyl (C=O) groups excluding carboxylic acids is 2. The van der Waals surface area contributed by atoms with Crippen LogP contribution in [0.2, 0.25) is 0 Å². The molecule has 6 rings (SSSR count). The van der Waals surface area contributed by atoms with E-state index in [0.29, 0.717) is 17.8 Å². The summed E-state index contributed by atoms with van der Waals surface area (Å²) < 4.78 is 55.1. The van der Waals surface area contributed by atoms with Crippen molar-refractivity contribution in [3.8, 4) is 0 Å². The van der Waals surface area contributed by atoms with Gasteiger partial charge in [-0.3, -0.25) is 0 Å². The summed E-state index contributed by atoms with van der Waals surface area (Å²) in [4.78, 5) is 24.9. The Morgan fingerprint density at radius 2 is 0.809 bits per heavy atom. The Kier molecular flexibility index (Phi) is 8.61. The number of sulfonamides is 2. The number of urea groups is 2. The largest absolute Gasteiger partial charge is 0.333 e. The van der Waals surface area contributed by atoms with Crippen LogP contribution in [0.15, 0.2) is 143 Å². The lowest BCUT2D eigenvalue weighted by Gasteiger charge is -2.11. The zero-order valence-electron chi connectivity index (χ0n) is 24.7. The molecule has 0 unspecified atom stereocenters. The van der Waals surface area contributed by atoms with Gasteiger partial charge in [-0.15, -0.1) is 0 Å². The van der Waals surface area contributed by atoms with Crippen molar-refractivity contribution >= 4 is 65.0 Å². The fourth-order valence-corrected chi connectivity index (χ4v) is 6.88. The van der Waals surface area contributed by atoms with Crippen molar-refractivity contribution < 1.29 is 26.4 Å². The summed E-state index contributed by atoms with van der Waals surface area (Å²) in [7, 11) is -8.16. The summed E-state index contributed by atoms with van der Waals surface area (Å²) in [5.74, 6) is 0. The predicted octanol–water partition coefficient (Wildman–Crippen LogP) is 6.60. The maximum Gasteiger partial charge on any atom is 0.333 e. The highest BCUT2D eigenvalue weighted by molar-refractivity contribution is 7.90. The lowest BCUT2D eigenvalue weighted by atomic mass is 10.0. The maximum absolute atomic E-state index is 12.8. The van der Waals surface area contributed by atoms with Gasteiger partial charge in [0.2, 0.25) is 0 Å². The standard InChI is InChI=1S/C35H28N4O6S2/c40-34(38-46(42,43)32-19-13-26-5-1-3-7-28(26)22-32)36-30-15-9-24(10-16-30)21-25-11-17-31(18-12-25)37-35(41)39-47(44,45)33-20-14-27-6-2-4-8-29(27)23-33/h1-20,22-23H,21H2,(H2,36,38,40)(H2,37,39,41). The van der Waals surface area contributed by atoms with Gasteiger partial charge in [-0.2, -0.15) is 0 Å². The first kappa shape index (κ1) is 31.3. The Labute approximate surface area is 271 Å². The van der Waals surface area contributed by atoms with E-state index in [1.165, 1.54) is 24.3 Å². The van der Waals surface area contributed by atoms with E-state index in [0.717, 1.165) is 32.7 Å². The lowest BCUT2D eigenvalue weighted by Crippen LogP contribution is -2.34. The second kappa shape index (κ2) is 12.9. The van der Waals surface area contributed by atoms with Gasteiger partial charge < -0.3 is 10.6 Å². The summed E-state index contributed by atoms with van der Waals surface area (Å²) in [6.45, 7) is 0. The van der Waals surface area contributed by atoms with Crippen LogP contribution < -0.4 is 20.1 Å². The predicted molar refractivity (Wildman–Crippen MR) is 182 cm³/mol. The summed E-state index contributed by atoms with van der Waals surface area (Å²) in [5.41, 5.74) is 2.65. The molecule has 0 aliphatic carbocycles. The van der Waals surface area contributed by atoms with Gasteiger partial charge in [0.15, 0.2) is 0 Å². The van der Waals surface area contributed by atoms with Gasteiger partial charge in [0.25, 0.3) is 20.0 Å². The van der Waals surface area contributed by atoms with Crippen LogP contribution in [-0.4, -0.2) is 28.9 Å². The third-order valence-corrected chi connectivity index (χ3v) is 10.0. The molecule has 4 N–H and O–H groups in total. The van der Waals surface area contributed by atoms with Crippen LogP contribution in [0.4, 0.5) is 21.0 Å². The molecule has 0 heterocycles. The quantitative estimate of drug-likeness (QED) is 0.144. The molecule has 0 aliphatic rings. The average molecular weight is 665 g/mol. The monoisotopic (exact) mass is 664 g/mol. The van der Waals surface area contributed by atoms with Crippen molar-refractivity contribution in [2.24, 2.45) is 0 Å². The smallest absolute Gasteiger partial charge is 0.307 e. The van der Waals surface area contributed by atoms with E-state index in [9.17, 15) is 26.4 Å². The Balaban J connectivity index is 1.01. The zero-order valence-corrected chi connectivity index (χ0v) is 26.3. The van der Waals surface area contributed by atoms with Crippen molar-refractivity contribution in [1.82, 2.24) is 9.44 Å². The van der Waals surface area contributed by atoms with Crippen LogP contribution >= 0.6 is 0 Å². The molecule has 10 nitrogen and oxygen atoms in total. The van der Waals surface area contributed by atoms with Gasteiger partial charge in [-0.05, 0) is 87.6 Å². The van der Waals surface area contributed by atoms with Crippen LogP contribution in [0.3, 0.4) is 0 Å². The highest BCUT2D eigenvalue weighted by atomic mass is 32.2. The molecule has 236 valence electrons. The molecule has 0 saturated heterocycles. The van der Waals surface area contributed by atoms with Crippen molar-refractivity contribution in [1.29, 1.82) is 0 Å². The van der Waals surface area contributed by atoms with Crippen molar-refractivity contribution in [2.75, 3.05) is 10.6 Å². The molecule has 0 aromatic heterocycles. The Bertz CT molecular complexity index is 2180. The molecule has 6 aromatic rings. The molecule has 12 heteroatoms. The molecule has 0 radical (unpaired) electrons. The first-order valence-corrected chi connectivity index (χ1v) is 17.3. The Morgan fingerprint density at radius 1 is 0.447 bits per heavy atom. The zero-order chi connectivity index (χ0) is 33.0. The minimum Gasteiger partial charge on any atom is -0.307 e. The van der Waals surface area contributed by atoms with E-state index in [-0.39, 0.29) is 9.79 Å². The Hall–Kier alpha value is -5.72. The summed E-state index contributed by atoms with van der Waals surface area (Å²) >= 11 is 0. The topological polar surface area (TPSA) is 151 Å².